The first kappa shape index (κ1) is 15.3. The first-order valence-electron chi connectivity index (χ1n) is 6.43. The highest BCUT2D eigenvalue weighted by Gasteiger charge is 2.44. The molecule has 1 N–H and O–H groups in total. The van der Waals surface area contributed by atoms with Crippen LogP contribution in [0.25, 0.3) is 0 Å². The fraction of sp³-hybridized carbons (Fsp3) is 0.429. The van der Waals surface area contributed by atoms with Crippen LogP contribution in [0.1, 0.15) is 31.4 Å². The van der Waals surface area contributed by atoms with E-state index >= 15 is 0 Å². The first-order valence-corrected chi connectivity index (χ1v) is 7.60. The molecule has 1 aliphatic heterocycles. The molecule has 0 radical (unpaired) electrons. The van der Waals surface area contributed by atoms with Gasteiger partial charge in [-0.05, 0) is 24.1 Å². The number of carboxylic acids is 1. The van der Waals surface area contributed by atoms with Crippen LogP contribution in [0, 0.1) is 5.92 Å². The molecule has 0 spiro atoms. The van der Waals surface area contributed by atoms with Gasteiger partial charge in [-0.3, -0.25) is 9.59 Å². The molecule has 6 heteroatoms. The first-order chi connectivity index (χ1) is 9.45. The van der Waals surface area contributed by atoms with E-state index in [1.54, 1.807) is 23.1 Å². The third kappa shape index (κ3) is 2.83. The summed E-state index contributed by atoms with van der Waals surface area (Å²) in [6.45, 7) is 2.53. The Hall–Kier alpha value is -1.07. The number of hydrogen-bond donors (Lipinski definition) is 1. The maximum atomic E-state index is 12.1. The fourth-order valence-electron chi connectivity index (χ4n) is 2.64. The number of halogens is 2. The van der Waals surface area contributed by atoms with Crippen LogP contribution in [0.2, 0.25) is 5.02 Å². The second kappa shape index (κ2) is 6.14. The normalized spacial score (nSPS) is 22.4. The second-order valence-electron chi connectivity index (χ2n) is 4.85. The van der Waals surface area contributed by atoms with Crippen molar-refractivity contribution < 1.29 is 14.7 Å². The molecule has 4 nitrogen and oxygen atoms in total. The summed E-state index contributed by atoms with van der Waals surface area (Å²) < 4.78 is 0.733. The highest BCUT2D eigenvalue weighted by atomic mass is 79.9. The van der Waals surface area contributed by atoms with Crippen LogP contribution in [0.5, 0.6) is 0 Å². The second-order valence-corrected chi connectivity index (χ2v) is 6.14. The number of nitrogens with zero attached hydrogens (tertiary/aromatic N) is 1. The smallest absolute Gasteiger partial charge is 0.309 e. The minimum Gasteiger partial charge on any atom is -0.481 e. The number of rotatable bonds is 4. The van der Waals surface area contributed by atoms with E-state index < -0.39 is 17.9 Å². The van der Waals surface area contributed by atoms with E-state index in [9.17, 15) is 14.7 Å². The molecule has 1 saturated heterocycles. The number of benzene rings is 1. The molecule has 1 fully saturated rings. The highest BCUT2D eigenvalue weighted by Crippen LogP contribution is 2.41. The van der Waals surface area contributed by atoms with Gasteiger partial charge in [-0.2, -0.15) is 0 Å². The van der Waals surface area contributed by atoms with Crippen molar-refractivity contribution in [2.24, 2.45) is 5.92 Å². The van der Waals surface area contributed by atoms with E-state index in [1.165, 1.54) is 0 Å². The quantitative estimate of drug-likeness (QED) is 0.894. The number of likely N-dealkylation sites (tertiary alicyclic amines) is 1. The van der Waals surface area contributed by atoms with Gasteiger partial charge in [0.2, 0.25) is 5.91 Å². The predicted octanol–water partition coefficient (Wildman–Crippen LogP) is 3.49. The van der Waals surface area contributed by atoms with E-state index in [0.29, 0.717) is 11.6 Å². The molecule has 1 heterocycles. The van der Waals surface area contributed by atoms with Crippen molar-refractivity contribution in [2.75, 3.05) is 6.54 Å². The lowest BCUT2D eigenvalue weighted by molar-refractivity contribution is -0.142. The van der Waals surface area contributed by atoms with E-state index in [-0.39, 0.29) is 12.3 Å². The Morgan fingerprint density at radius 2 is 2.25 bits per heavy atom. The summed E-state index contributed by atoms with van der Waals surface area (Å²) in [6, 6.07) is 4.79. The lowest BCUT2D eigenvalue weighted by Gasteiger charge is -2.27. The number of amides is 1. The fourth-order valence-corrected chi connectivity index (χ4v) is 3.56. The van der Waals surface area contributed by atoms with Crippen LogP contribution < -0.4 is 0 Å². The molecule has 0 aromatic heterocycles. The Labute approximate surface area is 130 Å². The van der Waals surface area contributed by atoms with E-state index in [2.05, 4.69) is 15.9 Å². The van der Waals surface area contributed by atoms with Gasteiger partial charge in [-0.25, -0.2) is 0 Å². The molecule has 1 amide bonds. The summed E-state index contributed by atoms with van der Waals surface area (Å²) in [4.78, 5) is 25.2. The van der Waals surface area contributed by atoms with Crippen LogP contribution >= 0.6 is 27.5 Å². The van der Waals surface area contributed by atoms with Crippen molar-refractivity contribution in [2.45, 2.75) is 25.8 Å². The Bertz CT molecular complexity index is 549. The minimum absolute atomic E-state index is 0.0507. The number of carbonyl (C=O) groups excluding carboxylic acids is 1. The Morgan fingerprint density at radius 3 is 2.80 bits per heavy atom. The average molecular weight is 361 g/mol. The van der Waals surface area contributed by atoms with Gasteiger partial charge >= 0.3 is 5.97 Å². The third-order valence-electron chi connectivity index (χ3n) is 3.49. The van der Waals surface area contributed by atoms with Crippen LogP contribution in [0.15, 0.2) is 22.7 Å². The van der Waals surface area contributed by atoms with Crippen LogP contribution in [0.4, 0.5) is 0 Å². The van der Waals surface area contributed by atoms with Crippen LogP contribution in [-0.2, 0) is 9.59 Å². The standard InChI is InChI=1S/C14H15BrClNO3/c1-2-5-17-12(18)7-10(14(19)20)13(17)9-4-3-8(16)6-11(9)15/h3-4,6,10,13H,2,5,7H2,1H3,(H,19,20). The van der Waals surface area contributed by atoms with Crippen molar-refractivity contribution in [3.63, 3.8) is 0 Å². The van der Waals surface area contributed by atoms with Crippen molar-refractivity contribution in [3.8, 4) is 0 Å². The van der Waals surface area contributed by atoms with Gasteiger partial charge in [0.25, 0.3) is 0 Å². The number of carbonyl (C=O) groups is 2. The summed E-state index contributed by atoms with van der Waals surface area (Å²) >= 11 is 9.34. The average Bonchev–Trinajstić information content (AvgIpc) is 2.68. The maximum absolute atomic E-state index is 12.1. The molecule has 0 saturated carbocycles. The van der Waals surface area contributed by atoms with E-state index in [0.717, 1.165) is 16.5 Å². The van der Waals surface area contributed by atoms with Crippen molar-refractivity contribution in [3.05, 3.63) is 33.3 Å². The van der Waals surface area contributed by atoms with Crippen molar-refractivity contribution >= 4 is 39.4 Å². The van der Waals surface area contributed by atoms with Gasteiger partial charge in [0.15, 0.2) is 0 Å². The van der Waals surface area contributed by atoms with Gasteiger partial charge in [0, 0.05) is 22.5 Å². The van der Waals surface area contributed by atoms with Gasteiger partial charge in [-0.1, -0.05) is 40.5 Å². The number of hydrogen-bond acceptors (Lipinski definition) is 2. The predicted molar refractivity (Wildman–Crippen MR) is 79.6 cm³/mol. The molecule has 1 aliphatic rings. The SMILES string of the molecule is CCCN1C(=O)CC(C(=O)O)C1c1ccc(Cl)cc1Br. The molecule has 0 aliphatic carbocycles. The minimum atomic E-state index is -0.941. The van der Waals surface area contributed by atoms with Gasteiger partial charge in [0.1, 0.15) is 0 Å². The van der Waals surface area contributed by atoms with Gasteiger partial charge < -0.3 is 10.0 Å². The van der Waals surface area contributed by atoms with Gasteiger partial charge in [0.05, 0.1) is 12.0 Å². The maximum Gasteiger partial charge on any atom is 0.309 e. The largest absolute Gasteiger partial charge is 0.481 e. The number of carboxylic acid groups (broad SMARTS) is 1. The van der Waals surface area contributed by atoms with Crippen molar-refractivity contribution in [1.82, 2.24) is 4.90 Å². The Balaban J connectivity index is 2.46. The Morgan fingerprint density at radius 1 is 1.55 bits per heavy atom. The summed E-state index contributed by atoms with van der Waals surface area (Å²) in [5.41, 5.74) is 0.793. The molecule has 2 atom stereocenters. The molecule has 2 unspecified atom stereocenters. The van der Waals surface area contributed by atoms with E-state index in [4.69, 9.17) is 11.6 Å². The molecule has 20 heavy (non-hydrogen) atoms. The molecule has 2 rings (SSSR count). The Kier molecular flexibility index (Phi) is 4.70. The lowest BCUT2D eigenvalue weighted by atomic mass is 9.93. The molecular formula is C14H15BrClNO3. The molecule has 108 valence electrons. The van der Waals surface area contributed by atoms with Crippen LogP contribution in [-0.4, -0.2) is 28.4 Å². The highest BCUT2D eigenvalue weighted by molar-refractivity contribution is 9.10. The lowest BCUT2D eigenvalue weighted by Crippen LogP contribution is -2.31. The van der Waals surface area contributed by atoms with Crippen molar-refractivity contribution in [1.29, 1.82) is 0 Å². The van der Waals surface area contributed by atoms with Gasteiger partial charge in [-0.15, -0.1) is 0 Å². The summed E-state index contributed by atoms with van der Waals surface area (Å²) in [5.74, 6) is -1.76. The summed E-state index contributed by atoms with van der Waals surface area (Å²) in [5, 5.41) is 9.94. The molecule has 1 aromatic carbocycles. The molecular weight excluding hydrogens is 346 g/mol. The van der Waals surface area contributed by atoms with E-state index in [1.807, 2.05) is 6.92 Å². The third-order valence-corrected chi connectivity index (χ3v) is 4.42. The zero-order chi connectivity index (χ0) is 14.9. The zero-order valence-electron chi connectivity index (χ0n) is 11.0. The molecule has 0 bridgehead atoms. The zero-order valence-corrected chi connectivity index (χ0v) is 13.3. The molecule has 1 aromatic rings. The van der Waals surface area contributed by atoms with Crippen LogP contribution in [0.3, 0.4) is 0 Å². The summed E-state index contributed by atoms with van der Waals surface area (Å²) in [7, 11) is 0. The number of aliphatic carboxylic acids is 1. The monoisotopic (exact) mass is 359 g/mol. The topological polar surface area (TPSA) is 57.6 Å². The summed E-state index contributed by atoms with van der Waals surface area (Å²) in [6.07, 6.45) is 0.842.